The van der Waals surface area contributed by atoms with Gasteiger partial charge in [-0.1, -0.05) is 30.0 Å². The molecule has 82 valence electrons. The molecule has 4 heteroatoms. The third-order valence-corrected chi connectivity index (χ3v) is 3.71. The first-order chi connectivity index (χ1) is 7.18. The van der Waals surface area contributed by atoms with Crippen molar-refractivity contribution < 1.29 is 8.78 Å². The van der Waals surface area contributed by atoms with E-state index in [2.05, 4.69) is 0 Å². The Morgan fingerprint density at radius 1 is 1.33 bits per heavy atom. The van der Waals surface area contributed by atoms with Gasteiger partial charge in [0.1, 0.15) is 0 Å². The molecule has 1 aliphatic carbocycles. The van der Waals surface area contributed by atoms with Gasteiger partial charge in [-0.25, -0.2) is 0 Å². The number of hydrogen-bond donors (Lipinski definition) is 1. The Hall–Kier alpha value is -0.610. The molecule has 0 spiro atoms. The highest BCUT2D eigenvalue weighted by Crippen LogP contribution is 2.50. The predicted octanol–water partition coefficient (Wildman–Crippen LogP) is 2.99. The Morgan fingerprint density at radius 3 is 2.53 bits per heavy atom. The lowest BCUT2D eigenvalue weighted by atomic mass is 9.96. The van der Waals surface area contributed by atoms with Gasteiger partial charge in [0, 0.05) is 16.9 Å². The van der Waals surface area contributed by atoms with Crippen molar-refractivity contribution in [3.8, 4) is 0 Å². The van der Waals surface area contributed by atoms with Crippen LogP contribution in [-0.4, -0.2) is 12.3 Å². The summed E-state index contributed by atoms with van der Waals surface area (Å²) in [4.78, 5) is 0.676. The minimum absolute atomic E-state index is 0.0154. The molecule has 0 radical (unpaired) electrons. The lowest BCUT2D eigenvalue weighted by molar-refractivity contribution is 0.252. The van der Waals surface area contributed by atoms with Crippen molar-refractivity contribution in [2.24, 2.45) is 5.73 Å². The fourth-order valence-electron chi connectivity index (χ4n) is 1.84. The molecule has 0 amide bonds. The maximum atomic E-state index is 12.3. The van der Waals surface area contributed by atoms with Gasteiger partial charge in [-0.3, -0.25) is 0 Å². The van der Waals surface area contributed by atoms with E-state index in [9.17, 15) is 8.78 Å². The molecule has 1 nitrogen and oxygen atoms in total. The average Bonchev–Trinajstić information content (AvgIpc) is 2.98. The highest BCUT2D eigenvalue weighted by molar-refractivity contribution is 7.99. The van der Waals surface area contributed by atoms with Crippen LogP contribution in [0.2, 0.25) is 0 Å². The first-order valence-electron chi connectivity index (χ1n) is 4.92. The van der Waals surface area contributed by atoms with E-state index in [4.69, 9.17) is 5.73 Å². The Labute approximate surface area is 92.0 Å². The van der Waals surface area contributed by atoms with Gasteiger partial charge >= 0.3 is 0 Å². The van der Waals surface area contributed by atoms with Crippen LogP contribution in [0.15, 0.2) is 29.2 Å². The fourth-order valence-corrected chi connectivity index (χ4v) is 2.60. The molecular weight excluding hydrogens is 216 g/mol. The van der Waals surface area contributed by atoms with Crippen LogP contribution in [0, 0.1) is 0 Å². The standard InChI is InChI=1S/C11H13F2NS/c12-10(13)15-9-4-2-1-3-8(9)11(7-14)5-6-11/h1-4,10H,5-7,14H2. The number of nitrogens with two attached hydrogens (primary N) is 1. The Morgan fingerprint density at radius 2 is 2.00 bits per heavy atom. The molecule has 0 heterocycles. The van der Waals surface area contributed by atoms with Gasteiger partial charge in [0.15, 0.2) is 0 Å². The molecule has 1 aromatic rings. The molecule has 15 heavy (non-hydrogen) atoms. The molecule has 0 unspecified atom stereocenters. The van der Waals surface area contributed by atoms with E-state index in [1.807, 2.05) is 12.1 Å². The quantitative estimate of drug-likeness (QED) is 0.803. The number of alkyl halides is 2. The maximum absolute atomic E-state index is 12.3. The molecule has 0 atom stereocenters. The van der Waals surface area contributed by atoms with E-state index < -0.39 is 5.76 Å². The molecular formula is C11H13F2NS. The summed E-state index contributed by atoms with van der Waals surface area (Å²) in [6.45, 7) is 0.549. The lowest BCUT2D eigenvalue weighted by Gasteiger charge is -2.16. The number of halogens is 2. The van der Waals surface area contributed by atoms with Gasteiger partial charge in [0.25, 0.3) is 5.76 Å². The monoisotopic (exact) mass is 229 g/mol. The number of thioether (sulfide) groups is 1. The van der Waals surface area contributed by atoms with Crippen LogP contribution in [0.5, 0.6) is 0 Å². The molecule has 1 aromatic carbocycles. The van der Waals surface area contributed by atoms with Crippen LogP contribution in [0.4, 0.5) is 8.78 Å². The van der Waals surface area contributed by atoms with E-state index in [1.54, 1.807) is 12.1 Å². The van der Waals surface area contributed by atoms with Crippen LogP contribution in [-0.2, 0) is 5.41 Å². The van der Waals surface area contributed by atoms with Crippen molar-refractivity contribution in [2.75, 3.05) is 6.54 Å². The maximum Gasteiger partial charge on any atom is 0.288 e. The van der Waals surface area contributed by atoms with Gasteiger partial charge < -0.3 is 5.73 Å². The van der Waals surface area contributed by atoms with Crippen LogP contribution >= 0.6 is 11.8 Å². The summed E-state index contributed by atoms with van der Waals surface area (Å²) in [6, 6.07) is 7.36. The predicted molar refractivity (Wildman–Crippen MR) is 58.3 cm³/mol. The summed E-state index contributed by atoms with van der Waals surface area (Å²) >= 11 is 0.618. The van der Waals surface area contributed by atoms with Crippen molar-refractivity contribution in [2.45, 2.75) is 28.9 Å². The Kier molecular flexibility index (Phi) is 2.98. The molecule has 2 N–H and O–H groups in total. The van der Waals surface area contributed by atoms with Crippen molar-refractivity contribution in [1.82, 2.24) is 0 Å². The molecule has 0 aromatic heterocycles. The zero-order valence-electron chi connectivity index (χ0n) is 8.25. The second kappa shape index (κ2) is 4.10. The molecule has 1 saturated carbocycles. The highest BCUT2D eigenvalue weighted by atomic mass is 32.2. The zero-order valence-corrected chi connectivity index (χ0v) is 9.07. The van der Waals surface area contributed by atoms with Gasteiger partial charge in [-0.2, -0.15) is 8.78 Å². The Bertz CT molecular complexity index is 350. The van der Waals surface area contributed by atoms with Crippen molar-refractivity contribution in [3.63, 3.8) is 0 Å². The summed E-state index contributed by atoms with van der Waals surface area (Å²) in [5, 5.41) is 0. The van der Waals surface area contributed by atoms with Crippen molar-refractivity contribution in [3.05, 3.63) is 29.8 Å². The minimum Gasteiger partial charge on any atom is -0.330 e. The van der Waals surface area contributed by atoms with E-state index in [0.717, 1.165) is 18.4 Å². The molecule has 1 fully saturated rings. The highest BCUT2D eigenvalue weighted by Gasteiger charge is 2.44. The first kappa shape index (κ1) is 10.9. The van der Waals surface area contributed by atoms with Crippen LogP contribution in [0.3, 0.4) is 0 Å². The minimum atomic E-state index is -2.36. The summed E-state index contributed by atoms with van der Waals surface area (Å²) in [6.07, 6.45) is 2.04. The smallest absolute Gasteiger partial charge is 0.288 e. The summed E-state index contributed by atoms with van der Waals surface area (Å²) in [7, 11) is 0. The lowest BCUT2D eigenvalue weighted by Crippen LogP contribution is -2.20. The summed E-state index contributed by atoms with van der Waals surface area (Å²) < 4.78 is 24.7. The molecule has 0 aliphatic heterocycles. The van der Waals surface area contributed by atoms with E-state index in [-0.39, 0.29) is 5.41 Å². The van der Waals surface area contributed by atoms with Crippen LogP contribution < -0.4 is 5.73 Å². The van der Waals surface area contributed by atoms with Gasteiger partial charge in [0.2, 0.25) is 0 Å². The summed E-state index contributed by atoms with van der Waals surface area (Å²) in [5.74, 6) is -2.36. The van der Waals surface area contributed by atoms with Crippen LogP contribution in [0.25, 0.3) is 0 Å². The van der Waals surface area contributed by atoms with Gasteiger partial charge in [0.05, 0.1) is 0 Å². The first-order valence-corrected chi connectivity index (χ1v) is 5.80. The van der Waals surface area contributed by atoms with E-state index in [0.29, 0.717) is 23.2 Å². The molecule has 1 aliphatic rings. The SMILES string of the molecule is NCC1(c2ccccc2SC(F)F)CC1. The zero-order chi connectivity index (χ0) is 10.9. The number of rotatable bonds is 4. The third kappa shape index (κ3) is 2.16. The largest absolute Gasteiger partial charge is 0.330 e. The van der Waals surface area contributed by atoms with Crippen molar-refractivity contribution in [1.29, 1.82) is 0 Å². The number of benzene rings is 1. The topological polar surface area (TPSA) is 26.0 Å². The fraction of sp³-hybridized carbons (Fsp3) is 0.455. The summed E-state index contributed by atoms with van der Waals surface area (Å²) in [5.41, 5.74) is 6.69. The van der Waals surface area contributed by atoms with Crippen molar-refractivity contribution >= 4 is 11.8 Å². The van der Waals surface area contributed by atoms with E-state index >= 15 is 0 Å². The normalized spacial score (nSPS) is 18.1. The third-order valence-electron chi connectivity index (χ3n) is 2.92. The van der Waals surface area contributed by atoms with Gasteiger partial charge in [-0.05, 0) is 24.5 Å². The molecule has 2 rings (SSSR count). The number of hydrogen-bond acceptors (Lipinski definition) is 2. The average molecular weight is 229 g/mol. The Balaban J connectivity index is 2.30. The second-order valence-electron chi connectivity index (χ2n) is 3.86. The van der Waals surface area contributed by atoms with Gasteiger partial charge in [-0.15, -0.1) is 0 Å². The van der Waals surface area contributed by atoms with E-state index in [1.165, 1.54) is 0 Å². The molecule has 0 saturated heterocycles. The second-order valence-corrected chi connectivity index (χ2v) is 4.89. The molecule has 0 bridgehead atoms. The van der Waals surface area contributed by atoms with Crippen LogP contribution in [0.1, 0.15) is 18.4 Å².